The number of rotatable bonds is 8. The molecule has 0 atom stereocenters. The Morgan fingerprint density at radius 1 is 1.21 bits per heavy atom. The molecule has 2 rings (SSSR count). The second-order valence-corrected chi connectivity index (χ2v) is 5.42. The summed E-state index contributed by atoms with van der Waals surface area (Å²) < 4.78 is 10.1. The van der Waals surface area contributed by atoms with Gasteiger partial charge in [-0.25, -0.2) is 4.79 Å². The SMILES string of the molecule is CCOc1ccc(C(=O)OCC(=O)N(CC#N)c2ccccc2)cc1[N+](=O)[O-]. The van der Waals surface area contributed by atoms with Gasteiger partial charge in [-0.3, -0.25) is 19.8 Å². The van der Waals surface area contributed by atoms with E-state index in [1.807, 2.05) is 6.07 Å². The van der Waals surface area contributed by atoms with E-state index in [2.05, 4.69) is 0 Å². The molecule has 144 valence electrons. The number of nitrogens with zero attached hydrogens (tertiary/aromatic N) is 3. The van der Waals surface area contributed by atoms with Crippen molar-refractivity contribution < 1.29 is 24.0 Å². The van der Waals surface area contributed by atoms with Crippen molar-refractivity contribution >= 4 is 23.3 Å². The van der Waals surface area contributed by atoms with Gasteiger partial charge in [0.1, 0.15) is 6.54 Å². The molecule has 9 heteroatoms. The van der Waals surface area contributed by atoms with E-state index in [4.69, 9.17) is 14.7 Å². The Labute approximate surface area is 160 Å². The lowest BCUT2D eigenvalue weighted by Crippen LogP contribution is -2.35. The Bertz CT molecular complexity index is 908. The zero-order chi connectivity index (χ0) is 20.5. The van der Waals surface area contributed by atoms with Crippen molar-refractivity contribution in [3.8, 4) is 11.8 Å². The van der Waals surface area contributed by atoms with Crippen molar-refractivity contribution in [1.82, 2.24) is 0 Å². The van der Waals surface area contributed by atoms with Crippen molar-refractivity contribution in [2.45, 2.75) is 6.92 Å². The van der Waals surface area contributed by atoms with Crippen molar-refractivity contribution in [3.05, 3.63) is 64.2 Å². The minimum Gasteiger partial charge on any atom is -0.487 e. The summed E-state index contributed by atoms with van der Waals surface area (Å²) in [7, 11) is 0. The lowest BCUT2D eigenvalue weighted by atomic mass is 10.2. The summed E-state index contributed by atoms with van der Waals surface area (Å²) in [6.45, 7) is 1.08. The van der Waals surface area contributed by atoms with Crippen LogP contribution in [0, 0.1) is 21.4 Å². The number of nitriles is 1. The Balaban J connectivity index is 2.10. The largest absolute Gasteiger partial charge is 0.487 e. The maximum atomic E-state index is 12.4. The van der Waals surface area contributed by atoms with Gasteiger partial charge in [-0.2, -0.15) is 5.26 Å². The Morgan fingerprint density at radius 2 is 1.93 bits per heavy atom. The van der Waals surface area contributed by atoms with E-state index >= 15 is 0 Å². The number of para-hydroxylation sites is 1. The standard InChI is InChI=1S/C19H17N3O6/c1-2-27-17-9-8-14(12-16(17)22(25)26)19(24)28-13-18(23)21(11-10-20)15-6-4-3-5-7-15/h3-9,12H,2,11,13H2,1H3. The van der Waals surface area contributed by atoms with Gasteiger partial charge in [-0.15, -0.1) is 0 Å². The van der Waals surface area contributed by atoms with E-state index < -0.39 is 23.4 Å². The second kappa shape index (κ2) is 9.68. The van der Waals surface area contributed by atoms with Crippen LogP contribution in [0.5, 0.6) is 5.75 Å². The summed E-state index contributed by atoms with van der Waals surface area (Å²) in [6, 6.07) is 14.0. The highest BCUT2D eigenvalue weighted by Crippen LogP contribution is 2.28. The lowest BCUT2D eigenvalue weighted by molar-refractivity contribution is -0.385. The number of nitro benzene ring substituents is 1. The number of benzene rings is 2. The number of anilines is 1. The van der Waals surface area contributed by atoms with Crippen LogP contribution >= 0.6 is 0 Å². The zero-order valence-electron chi connectivity index (χ0n) is 15.0. The lowest BCUT2D eigenvalue weighted by Gasteiger charge is -2.19. The highest BCUT2D eigenvalue weighted by Gasteiger charge is 2.21. The van der Waals surface area contributed by atoms with Crippen LogP contribution in [0.25, 0.3) is 0 Å². The van der Waals surface area contributed by atoms with Gasteiger partial charge >= 0.3 is 11.7 Å². The Hall–Kier alpha value is -3.93. The van der Waals surface area contributed by atoms with E-state index in [9.17, 15) is 19.7 Å². The minimum atomic E-state index is -0.899. The van der Waals surface area contributed by atoms with Gasteiger partial charge in [0.15, 0.2) is 12.4 Å². The highest BCUT2D eigenvalue weighted by molar-refractivity contribution is 5.97. The summed E-state index contributed by atoms with van der Waals surface area (Å²) in [5.74, 6) is -1.46. The molecule has 28 heavy (non-hydrogen) atoms. The molecule has 0 heterocycles. The Morgan fingerprint density at radius 3 is 2.54 bits per heavy atom. The van der Waals surface area contributed by atoms with Crippen LogP contribution in [-0.2, 0) is 9.53 Å². The van der Waals surface area contributed by atoms with Gasteiger partial charge in [-0.1, -0.05) is 18.2 Å². The van der Waals surface area contributed by atoms with Gasteiger partial charge in [-0.05, 0) is 31.2 Å². The molecule has 0 aromatic heterocycles. The van der Waals surface area contributed by atoms with Gasteiger partial charge in [0.05, 0.1) is 23.2 Å². The van der Waals surface area contributed by atoms with Crippen LogP contribution in [-0.4, -0.2) is 36.6 Å². The first-order valence-corrected chi connectivity index (χ1v) is 8.28. The number of nitro groups is 1. The molecule has 0 fully saturated rings. The average Bonchev–Trinajstić information content (AvgIpc) is 2.71. The van der Waals surface area contributed by atoms with Crippen molar-refractivity contribution in [3.63, 3.8) is 0 Å². The smallest absolute Gasteiger partial charge is 0.338 e. The fourth-order valence-electron chi connectivity index (χ4n) is 2.36. The fraction of sp³-hybridized carbons (Fsp3) is 0.211. The molecule has 0 spiro atoms. The monoisotopic (exact) mass is 383 g/mol. The first-order valence-electron chi connectivity index (χ1n) is 8.28. The van der Waals surface area contributed by atoms with Crippen molar-refractivity contribution in [2.75, 3.05) is 24.7 Å². The van der Waals surface area contributed by atoms with Crippen LogP contribution in [0.2, 0.25) is 0 Å². The summed E-state index contributed by atoms with van der Waals surface area (Å²) in [5.41, 5.74) is 0.0225. The number of hydrogen-bond acceptors (Lipinski definition) is 7. The van der Waals surface area contributed by atoms with E-state index in [-0.39, 0.29) is 30.2 Å². The number of carbonyl (C=O) groups excluding carboxylic acids is 2. The topological polar surface area (TPSA) is 123 Å². The number of carbonyl (C=O) groups is 2. The number of amides is 1. The molecule has 2 aromatic rings. The Kier molecular flexibility index (Phi) is 7.05. The summed E-state index contributed by atoms with van der Waals surface area (Å²) >= 11 is 0. The van der Waals surface area contributed by atoms with Gasteiger partial charge in [0.25, 0.3) is 5.91 Å². The number of ether oxygens (including phenoxy) is 2. The third-order valence-corrected chi connectivity index (χ3v) is 3.62. The molecular formula is C19H17N3O6. The summed E-state index contributed by atoms with van der Waals surface area (Å²) in [4.78, 5) is 36.2. The van der Waals surface area contributed by atoms with Crippen LogP contribution in [0.3, 0.4) is 0 Å². The van der Waals surface area contributed by atoms with Gasteiger partial charge in [0, 0.05) is 11.8 Å². The van der Waals surface area contributed by atoms with E-state index in [1.165, 1.54) is 17.0 Å². The zero-order valence-corrected chi connectivity index (χ0v) is 15.0. The predicted molar refractivity (Wildman–Crippen MR) is 99.0 cm³/mol. The highest BCUT2D eigenvalue weighted by atomic mass is 16.6. The molecule has 2 aromatic carbocycles. The van der Waals surface area contributed by atoms with Crippen LogP contribution < -0.4 is 9.64 Å². The van der Waals surface area contributed by atoms with Crippen LogP contribution in [0.4, 0.5) is 11.4 Å². The molecular weight excluding hydrogens is 366 g/mol. The first kappa shape index (κ1) is 20.4. The first-order chi connectivity index (χ1) is 13.5. The molecule has 0 N–H and O–H groups in total. The van der Waals surface area contributed by atoms with Gasteiger partial charge < -0.3 is 9.47 Å². The number of esters is 1. The molecule has 0 aliphatic carbocycles. The number of hydrogen-bond donors (Lipinski definition) is 0. The molecule has 0 aliphatic heterocycles. The third-order valence-electron chi connectivity index (χ3n) is 3.62. The van der Waals surface area contributed by atoms with Crippen LogP contribution in [0.15, 0.2) is 48.5 Å². The average molecular weight is 383 g/mol. The van der Waals surface area contributed by atoms with Crippen molar-refractivity contribution in [1.29, 1.82) is 5.26 Å². The van der Waals surface area contributed by atoms with Crippen LogP contribution in [0.1, 0.15) is 17.3 Å². The molecule has 0 saturated carbocycles. The van der Waals surface area contributed by atoms with Crippen molar-refractivity contribution in [2.24, 2.45) is 0 Å². The minimum absolute atomic E-state index is 0.0319. The third kappa shape index (κ3) is 5.04. The predicted octanol–water partition coefficient (Wildman–Crippen LogP) is 2.71. The quantitative estimate of drug-likeness (QED) is 0.297. The second-order valence-electron chi connectivity index (χ2n) is 5.42. The maximum absolute atomic E-state index is 12.4. The van der Waals surface area contributed by atoms with Gasteiger partial charge in [0.2, 0.25) is 0 Å². The normalized spacial score (nSPS) is 9.86. The molecule has 0 radical (unpaired) electrons. The summed E-state index contributed by atoms with van der Waals surface area (Å²) in [5, 5.41) is 20.1. The molecule has 0 bridgehead atoms. The molecule has 0 aliphatic rings. The maximum Gasteiger partial charge on any atom is 0.338 e. The molecule has 9 nitrogen and oxygen atoms in total. The van der Waals surface area contributed by atoms with E-state index in [0.29, 0.717) is 5.69 Å². The fourth-order valence-corrected chi connectivity index (χ4v) is 2.36. The summed E-state index contributed by atoms with van der Waals surface area (Å²) in [6.07, 6.45) is 0. The molecule has 0 saturated heterocycles. The van der Waals surface area contributed by atoms with E-state index in [1.54, 1.807) is 37.3 Å². The molecule has 1 amide bonds. The molecule has 0 unspecified atom stereocenters. The van der Waals surface area contributed by atoms with E-state index in [0.717, 1.165) is 6.07 Å².